The zero-order valence-electron chi connectivity index (χ0n) is 19.4. The van der Waals surface area contributed by atoms with Gasteiger partial charge in [0.2, 0.25) is 11.5 Å². The first-order valence-corrected chi connectivity index (χ1v) is 12.0. The zero-order chi connectivity index (χ0) is 24.9. The number of carbonyl (C=O) groups excluding carboxylic acids is 1. The summed E-state index contributed by atoms with van der Waals surface area (Å²) in [4.78, 5) is 45.4. The third-order valence-electron chi connectivity index (χ3n) is 5.81. The topological polar surface area (TPSA) is 103 Å². The molecule has 1 atom stereocenters. The summed E-state index contributed by atoms with van der Waals surface area (Å²) in [5.74, 6) is -2.01. The molecular formula is C27H25N3O4S. The SMILES string of the molecule is Cc1[nH]c(=O)ccc1-c1ccccc1-c1csc(N(C)C(=O)[C@@H](CC(=O)O)Cc2ccccc2)n1. The van der Waals surface area contributed by atoms with Crippen molar-refractivity contribution < 1.29 is 14.7 Å². The lowest BCUT2D eigenvalue weighted by atomic mass is 9.95. The van der Waals surface area contributed by atoms with Gasteiger partial charge in [0.15, 0.2) is 5.13 Å². The molecule has 7 nitrogen and oxygen atoms in total. The van der Waals surface area contributed by atoms with Gasteiger partial charge in [0.1, 0.15) is 0 Å². The fraction of sp³-hybridized carbons (Fsp3) is 0.185. The Kier molecular flexibility index (Phi) is 7.22. The maximum Gasteiger partial charge on any atom is 0.304 e. The number of rotatable bonds is 8. The summed E-state index contributed by atoms with van der Waals surface area (Å²) in [6, 6.07) is 20.4. The van der Waals surface area contributed by atoms with Gasteiger partial charge in [-0.25, -0.2) is 4.98 Å². The van der Waals surface area contributed by atoms with Crippen LogP contribution in [0.5, 0.6) is 0 Å². The van der Waals surface area contributed by atoms with Gasteiger partial charge >= 0.3 is 5.97 Å². The molecule has 0 aliphatic rings. The highest BCUT2D eigenvalue weighted by Gasteiger charge is 2.27. The lowest BCUT2D eigenvalue weighted by Crippen LogP contribution is -2.35. The number of benzene rings is 2. The van der Waals surface area contributed by atoms with E-state index in [-0.39, 0.29) is 17.9 Å². The zero-order valence-corrected chi connectivity index (χ0v) is 20.2. The number of amides is 1. The van der Waals surface area contributed by atoms with Crippen molar-refractivity contribution in [3.05, 3.63) is 93.7 Å². The van der Waals surface area contributed by atoms with Crippen molar-refractivity contribution in [3.8, 4) is 22.4 Å². The number of pyridine rings is 1. The molecule has 4 aromatic rings. The number of thiazole rings is 1. The quantitative estimate of drug-likeness (QED) is 0.373. The summed E-state index contributed by atoms with van der Waals surface area (Å²) >= 11 is 1.32. The first-order chi connectivity index (χ1) is 16.8. The number of H-pyrrole nitrogens is 1. The Labute approximate surface area is 206 Å². The van der Waals surface area contributed by atoms with Crippen molar-refractivity contribution in [2.75, 3.05) is 11.9 Å². The fourth-order valence-corrected chi connectivity index (χ4v) is 4.87. The number of anilines is 1. The molecule has 0 radical (unpaired) electrons. The number of nitrogens with zero attached hydrogens (tertiary/aromatic N) is 2. The molecule has 1 amide bonds. The van der Waals surface area contributed by atoms with Crippen LogP contribution in [-0.4, -0.2) is 34.0 Å². The predicted octanol–water partition coefficient (Wildman–Crippen LogP) is 4.77. The van der Waals surface area contributed by atoms with Crippen LogP contribution in [0.2, 0.25) is 0 Å². The molecule has 0 aliphatic carbocycles. The molecule has 0 saturated heterocycles. The van der Waals surface area contributed by atoms with Gasteiger partial charge < -0.3 is 10.1 Å². The molecule has 8 heteroatoms. The number of aromatic amines is 1. The van der Waals surface area contributed by atoms with Crippen LogP contribution in [0, 0.1) is 12.8 Å². The maximum atomic E-state index is 13.3. The number of hydrogen-bond donors (Lipinski definition) is 2. The van der Waals surface area contributed by atoms with Gasteiger partial charge in [-0.1, -0.05) is 54.6 Å². The van der Waals surface area contributed by atoms with Gasteiger partial charge in [0.25, 0.3) is 0 Å². The van der Waals surface area contributed by atoms with Gasteiger partial charge in [0.05, 0.1) is 18.0 Å². The number of hydrogen-bond acceptors (Lipinski definition) is 5. The minimum atomic E-state index is -1.02. The van der Waals surface area contributed by atoms with Crippen LogP contribution in [0.3, 0.4) is 0 Å². The minimum absolute atomic E-state index is 0.161. The number of carboxylic acids is 1. The smallest absolute Gasteiger partial charge is 0.304 e. The second-order valence-corrected chi connectivity index (χ2v) is 9.14. The average Bonchev–Trinajstić information content (AvgIpc) is 3.33. The van der Waals surface area contributed by atoms with E-state index in [0.29, 0.717) is 17.2 Å². The molecule has 0 aliphatic heterocycles. The predicted molar refractivity (Wildman–Crippen MR) is 138 cm³/mol. The van der Waals surface area contributed by atoms with Crippen LogP contribution in [0.4, 0.5) is 5.13 Å². The third kappa shape index (κ3) is 5.55. The molecule has 0 spiro atoms. The van der Waals surface area contributed by atoms with E-state index < -0.39 is 11.9 Å². The fourth-order valence-electron chi connectivity index (χ4n) is 4.08. The molecule has 0 saturated carbocycles. The van der Waals surface area contributed by atoms with E-state index in [2.05, 4.69) is 4.98 Å². The highest BCUT2D eigenvalue weighted by atomic mass is 32.1. The van der Waals surface area contributed by atoms with Gasteiger partial charge in [-0.2, -0.15) is 0 Å². The van der Waals surface area contributed by atoms with Crippen molar-refractivity contribution >= 4 is 28.3 Å². The van der Waals surface area contributed by atoms with Crippen molar-refractivity contribution in [1.29, 1.82) is 0 Å². The van der Waals surface area contributed by atoms with Crippen LogP contribution < -0.4 is 10.5 Å². The second kappa shape index (κ2) is 10.5. The second-order valence-electron chi connectivity index (χ2n) is 8.30. The maximum absolute atomic E-state index is 13.3. The van der Waals surface area contributed by atoms with Crippen LogP contribution in [0.25, 0.3) is 22.4 Å². The van der Waals surface area contributed by atoms with Crippen molar-refractivity contribution in [3.63, 3.8) is 0 Å². The third-order valence-corrected chi connectivity index (χ3v) is 6.73. The molecule has 2 N–H and O–H groups in total. The van der Waals surface area contributed by atoms with Gasteiger partial charge in [-0.05, 0) is 30.5 Å². The molecule has 4 rings (SSSR count). The highest BCUT2D eigenvalue weighted by molar-refractivity contribution is 7.14. The molecule has 2 aromatic carbocycles. The Balaban J connectivity index is 1.62. The number of carboxylic acid groups (broad SMARTS) is 1. The Morgan fingerprint density at radius 2 is 1.69 bits per heavy atom. The standard InChI is InChI=1S/C27H25N3O4S/c1-17-20(12-13-24(31)28-17)21-10-6-7-11-22(21)23-16-35-27(29-23)30(2)26(34)19(15-25(32)33)14-18-8-4-3-5-9-18/h3-13,16,19H,14-15H2,1-2H3,(H,28,31)(H,32,33)/t19-/m1/s1. The van der Waals surface area contributed by atoms with E-state index in [0.717, 1.165) is 27.9 Å². The number of aromatic nitrogens is 2. The molecular weight excluding hydrogens is 462 g/mol. The van der Waals surface area contributed by atoms with E-state index in [1.807, 2.05) is 66.9 Å². The lowest BCUT2D eigenvalue weighted by molar-refractivity contribution is -0.140. The number of nitrogens with one attached hydrogen (secondary N) is 1. The summed E-state index contributed by atoms with van der Waals surface area (Å²) in [7, 11) is 1.63. The summed E-state index contributed by atoms with van der Waals surface area (Å²) in [5, 5.41) is 11.8. The average molecular weight is 488 g/mol. The summed E-state index contributed by atoms with van der Waals surface area (Å²) in [5.41, 5.74) is 4.88. The molecule has 178 valence electrons. The van der Waals surface area contributed by atoms with Crippen molar-refractivity contribution in [1.82, 2.24) is 9.97 Å². The van der Waals surface area contributed by atoms with Crippen LogP contribution in [0.15, 0.2) is 76.9 Å². The van der Waals surface area contributed by atoms with Crippen molar-refractivity contribution in [2.24, 2.45) is 5.92 Å². The lowest BCUT2D eigenvalue weighted by Gasteiger charge is -2.21. The molecule has 0 fully saturated rings. The van der Waals surface area contributed by atoms with Crippen LogP contribution in [-0.2, 0) is 16.0 Å². The number of aryl methyl sites for hydroxylation is 1. The Morgan fingerprint density at radius 1 is 1.00 bits per heavy atom. The Morgan fingerprint density at radius 3 is 2.37 bits per heavy atom. The highest BCUT2D eigenvalue weighted by Crippen LogP contribution is 2.35. The molecule has 0 unspecified atom stereocenters. The van der Waals surface area contributed by atoms with Crippen molar-refractivity contribution in [2.45, 2.75) is 19.8 Å². The number of carbonyl (C=O) groups is 2. The molecule has 2 heterocycles. The van der Waals surface area contributed by atoms with Gasteiger partial charge in [0, 0.05) is 35.3 Å². The molecule has 35 heavy (non-hydrogen) atoms. The van der Waals surface area contributed by atoms with Crippen LogP contribution in [0.1, 0.15) is 17.7 Å². The van der Waals surface area contributed by atoms with E-state index in [1.165, 1.54) is 22.3 Å². The number of aliphatic carboxylic acids is 1. The Hall–Kier alpha value is -4.04. The monoisotopic (exact) mass is 487 g/mol. The van der Waals surface area contributed by atoms with E-state index in [1.54, 1.807) is 13.1 Å². The molecule has 2 aromatic heterocycles. The van der Waals surface area contributed by atoms with E-state index >= 15 is 0 Å². The molecule has 0 bridgehead atoms. The van der Waals surface area contributed by atoms with Gasteiger partial charge in [-0.15, -0.1) is 11.3 Å². The van der Waals surface area contributed by atoms with Crippen LogP contribution >= 0.6 is 11.3 Å². The summed E-state index contributed by atoms with van der Waals surface area (Å²) in [6.07, 6.45) is 0.0769. The Bertz CT molecular complexity index is 1410. The van der Waals surface area contributed by atoms with E-state index in [4.69, 9.17) is 4.98 Å². The first-order valence-electron chi connectivity index (χ1n) is 11.1. The normalized spacial score (nSPS) is 11.7. The largest absolute Gasteiger partial charge is 0.481 e. The first kappa shape index (κ1) is 24.1. The van der Waals surface area contributed by atoms with E-state index in [9.17, 15) is 19.5 Å². The summed E-state index contributed by atoms with van der Waals surface area (Å²) < 4.78 is 0. The summed E-state index contributed by atoms with van der Waals surface area (Å²) in [6.45, 7) is 1.85. The van der Waals surface area contributed by atoms with Gasteiger partial charge in [-0.3, -0.25) is 19.3 Å². The minimum Gasteiger partial charge on any atom is -0.481 e.